The number of aromatic carboxylic acids is 1. The highest BCUT2D eigenvalue weighted by atomic mass is 35.5. The van der Waals surface area contributed by atoms with Gasteiger partial charge >= 0.3 is 5.97 Å². The van der Waals surface area contributed by atoms with Crippen LogP contribution < -0.4 is 5.32 Å². The quantitative estimate of drug-likeness (QED) is 0.747. The van der Waals surface area contributed by atoms with Crippen molar-refractivity contribution in [3.8, 4) is 0 Å². The first kappa shape index (κ1) is 21.3. The summed E-state index contributed by atoms with van der Waals surface area (Å²) in [5.74, 6) is -1.55. The Balaban J connectivity index is 1.61. The van der Waals surface area contributed by atoms with Crippen LogP contribution >= 0.6 is 11.6 Å². The number of aryl methyl sites for hydroxylation is 1. The maximum Gasteiger partial charge on any atom is 0.335 e. The van der Waals surface area contributed by atoms with Crippen molar-refractivity contribution in [1.82, 2.24) is 4.31 Å². The summed E-state index contributed by atoms with van der Waals surface area (Å²) < 4.78 is 27.1. The van der Waals surface area contributed by atoms with E-state index in [-0.39, 0.29) is 35.4 Å². The van der Waals surface area contributed by atoms with Crippen molar-refractivity contribution in [2.45, 2.75) is 24.7 Å². The highest BCUT2D eigenvalue weighted by Gasteiger charge is 2.32. The summed E-state index contributed by atoms with van der Waals surface area (Å²) in [4.78, 5) is 23.6. The first-order valence-corrected chi connectivity index (χ1v) is 10.9. The Morgan fingerprint density at radius 3 is 2.28 bits per heavy atom. The third-order valence-electron chi connectivity index (χ3n) is 4.99. The predicted octanol–water partition coefficient (Wildman–Crippen LogP) is 3.39. The summed E-state index contributed by atoms with van der Waals surface area (Å²) in [6.45, 7) is 2.25. The Labute approximate surface area is 174 Å². The van der Waals surface area contributed by atoms with Crippen molar-refractivity contribution in [1.29, 1.82) is 0 Å². The van der Waals surface area contributed by atoms with E-state index in [1.165, 1.54) is 34.6 Å². The second-order valence-corrected chi connectivity index (χ2v) is 9.31. The number of rotatable bonds is 5. The second-order valence-electron chi connectivity index (χ2n) is 6.96. The molecule has 0 aromatic heterocycles. The molecule has 7 nitrogen and oxygen atoms in total. The standard InChI is InChI=1S/C20H21ClN2O5S/c1-13-12-17(6-7-18(13)21)29(27,28)23-10-8-14(9-11-23)19(24)22-16-4-2-15(3-5-16)20(25)26/h2-7,12,14H,8-11H2,1H3,(H,22,24)(H,25,26). The van der Waals surface area contributed by atoms with Crippen molar-refractivity contribution >= 4 is 39.2 Å². The number of sulfonamides is 1. The molecule has 0 aliphatic carbocycles. The van der Waals surface area contributed by atoms with Gasteiger partial charge in [-0.05, 0) is 67.8 Å². The predicted molar refractivity (Wildman–Crippen MR) is 110 cm³/mol. The van der Waals surface area contributed by atoms with Gasteiger partial charge in [-0.15, -0.1) is 0 Å². The number of nitrogens with zero attached hydrogens (tertiary/aromatic N) is 1. The van der Waals surface area contributed by atoms with Gasteiger partial charge in [-0.25, -0.2) is 13.2 Å². The highest BCUT2D eigenvalue weighted by molar-refractivity contribution is 7.89. The number of carbonyl (C=O) groups is 2. The van der Waals surface area contributed by atoms with E-state index in [1.54, 1.807) is 19.1 Å². The normalized spacial score (nSPS) is 15.8. The van der Waals surface area contributed by atoms with E-state index in [0.717, 1.165) is 0 Å². The molecule has 0 saturated carbocycles. The van der Waals surface area contributed by atoms with Crippen LogP contribution in [-0.4, -0.2) is 42.8 Å². The van der Waals surface area contributed by atoms with Crippen LogP contribution in [0.25, 0.3) is 0 Å². The van der Waals surface area contributed by atoms with Crippen LogP contribution in [0.5, 0.6) is 0 Å². The van der Waals surface area contributed by atoms with E-state index < -0.39 is 16.0 Å². The smallest absolute Gasteiger partial charge is 0.335 e. The van der Waals surface area contributed by atoms with Crippen molar-refractivity contribution in [2.75, 3.05) is 18.4 Å². The number of carbonyl (C=O) groups excluding carboxylic acids is 1. The van der Waals surface area contributed by atoms with Gasteiger partial charge < -0.3 is 10.4 Å². The Morgan fingerprint density at radius 1 is 1.10 bits per heavy atom. The lowest BCUT2D eigenvalue weighted by Gasteiger charge is -2.30. The zero-order valence-electron chi connectivity index (χ0n) is 15.8. The minimum atomic E-state index is -3.63. The number of piperidine rings is 1. The highest BCUT2D eigenvalue weighted by Crippen LogP contribution is 2.27. The minimum absolute atomic E-state index is 0.138. The Hall–Kier alpha value is -2.42. The summed E-state index contributed by atoms with van der Waals surface area (Å²) in [5.41, 5.74) is 1.33. The molecule has 0 spiro atoms. The van der Waals surface area contributed by atoms with Gasteiger partial charge in [-0.3, -0.25) is 4.79 Å². The summed E-state index contributed by atoms with van der Waals surface area (Å²) >= 11 is 5.98. The molecule has 2 N–H and O–H groups in total. The Bertz CT molecular complexity index is 1030. The summed E-state index contributed by atoms with van der Waals surface area (Å²) in [5, 5.41) is 12.2. The van der Waals surface area contributed by atoms with E-state index in [2.05, 4.69) is 5.32 Å². The number of halogens is 1. The van der Waals surface area contributed by atoms with Crippen LogP contribution in [0.1, 0.15) is 28.8 Å². The molecule has 1 saturated heterocycles. The lowest BCUT2D eigenvalue weighted by molar-refractivity contribution is -0.120. The van der Waals surface area contributed by atoms with Gasteiger partial charge in [0.05, 0.1) is 10.5 Å². The summed E-state index contributed by atoms with van der Waals surface area (Å²) in [6, 6.07) is 10.5. The van der Waals surface area contributed by atoms with Crippen molar-refractivity contribution in [2.24, 2.45) is 5.92 Å². The fourth-order valence-corrected chi connectivity index (χ4v) is 4.90. The molecule has 1 fully saturated rings. The van der Waals surface area contributed by atoms with Crippen LogP contribution in [0.15, 0.2) is 47.4 Å². The zero-order valence-corrected chi connectivity index (χ0v) is 17.3. The minimum Gasteiger partial charge on any atom is -0.478 e. The molecule has 3 rings (SSSR count). The van der Waals surface area contributed by atoms with Crippen LogP contribution in [0.3, 0.4) is 0 Å². The van der Waals surface area contributed by atoms with Crippen LogP contribution in [0, 0.1) is 12.8 Å². The third-order valence-corrected chi connectivity index (χ3v) is 7.31. The van der Waals surface area contributed by atoms with Gasteiger partial charge in [0.15, 0.2) is 0 Å². The number of hydrogen-bond donors (Lipinski definition) is 2. The molecule has 154 valence electrons. The Kier molecular flexibility index (Phi) is 6.26. The number of anilines is 1. The SMILES string of the molecule is Cc1cc(S(=O)(=O)N2CCC(C(=O)Nc3ccc(C(=O)O)cc3)CC2)ccc1Cl. The first-order valence-electron chi connectivity index (χ1n) is 9.09. The van der Waals surface area contributed by atoms with Crippen LogP contribution in [0.4, 0.5) is 5.69 Å². The number of benzene rings is 2. The maximum absolute atomic E-state index is 12.8. The molecule has 2 aromatic carbocycles. The summed E-state index contributed by atoms with van der Waals surface area (Å²) in [6.07, 6.45) is 0.815. The molecule has 29 heavy (non-hydrogen) atoms. The van der Waals surface area contributed by atoms with Gasteiger partial charge in [-0.2, -0.15) is 4.31 Å². The van der Waals surface area contributed by atoms with Crippen LogP contribution in [0.2, 0.25) is 5.02 Å². The van der Waals surface area contributed by atoms with Crippen molar-refractivity contribution in [3.63, 3.8) is 0 Å². The summed E-state index contributed by atoms with van der Waals surface area (Å²) in [7, 11) is -3.63. The fraction of sp³-hybridized carbons (Fsp3) is 0.300. The largest absolute Gasteiger partial charge is 0.478 e. The van der Waals surface area contributed by atoms with Gasteiger partial charge in [0.25, 0.3) is 0 Å². The maximum atomic E-state index is 12.8. The molecule has 0 atom stereocenters. The molecule has 0 radical (unpaired) electrons. The first-order chi connectivity index (χ1) is 13.7. The molecule has 0 unspecified atom stereocenters. The van der Waals surface area contributed by atoms with Crippen molar-refractivity contribution < 1.29 is 23.1 Å². The van der Waals surface area contributed by atoms with Gasteiger partial charge in [0.2, 0.25) is 15.9 Å². The van der Waals surface area contributed by atoms with Crippen molar-refractivity contribution in [3.05, 3.63) is 58.6 Å². The van der Waals surface area contributed by atoms with Gasteiger partial charge in [0, 0.05) is 29.7 Å². The molecule has 1 amide bonds. The molecule has 1 heterocycles. The molecule has 9 heteroatoms. The lowest BCUT2D eigenvalue weighted by atomic mass is 9.97. The average molecular weight is 437 g/mol. The number of amides is 1. The molecular formula is C20H21ClN2O5S. The number of carboxylic acids is 1. The molecule has 1 aliphatic heterocycles. The van der Waals surface area contributed by atoms with Crippen LogP contribution in [-0.2, 0) is 14.8 Å². The van der Waals surface area contributed by atoms with Gasteiger partial charge in [-0.1, -0.05) is 11.6 Å². The van der Waals surface area contributed by atoms with E-state index in [9.17, 15) is 18.0 Å². The number of carboxylic acid groups (broad SMARTS) is 1. The van der Waals surface area contributed by atoms with E-state index in [1.807, 2.05) is 0 Å². The second kappa shape index (κ2) is 8.52. The van der Waals surface area contributed by atoms with E-state index in [0.29, 0.717) is 29.1 Å². The number of nitrogens with one attached hydrogen (secondary N) is 1. The Morgan fingerprint density at radius 2 is 1.72 bits per heavy atom. The fourth-order valence-electron chi connectivity index (χ4n) is 3.23. The molecular weight excluding hydrogens is 416 g/mol. The topological polar surface area (TPSA) is 104 Å². The number of hydrogen-bond acceptors (Lipinski definition) is 4. The van der Waals surface area contributed by atoms with E-state index >= 15 is 0 Å². The van der Waals surface area contributed by atoms with Gasteiger partial charge in [0.1, 0.15) is 0 Å². The molecule has 0 bridgehead atoms. The molecule has 1 aliphatic rings. The monoisotopic (exact) mass is 436 g/mol. The third kappa shape index (κ3) is 4.77. The zero-order chi connectivity index (χ0) is 21.2. The molecule has 2 aromatic rings. The van der Waals surface area contributed by atoms with E-state index in [4.69, 9.17) is 16.7 Å². The lowest BCUT2D eigenvalue weighted by Crippen LogP contribution is -2.41. The average Bonchev–Trinajstić information content (AvgIpc) is 2.70.